The third-order valence-corrected chi connectivity index (χ3v) is 7.05. The first-order valence-corrected chi connectivity index (χ1v) is 10.2. The summed E-state index contributed by atoms with van der Waals surface area (Å²) in [5.41, 5.74) is 2.45. The van der Waals surface area contributed by atoms with Crippen LogP contribution in [0.2, 0.25) is 0 Å². The molecule has 1 aromatic carbocycles. The Bertz CT molecular complexity index is 677. The molecular weight excluding hydrogens is 334 g/mol. The van der Waals surface area contributed by atoms with Crippen molar-refractivity contribution in [2.24, 2.45) is 0 Å². The average Bonchev–Trinajstić information content (AvgIpc) is 2.46. The van der Waals surface area contributed by atoms with E-state index < -0.39 is 22.0 Å². The summed E-state index contributed by atoms with van der Waals surface area (Å²) < 4.78 is 32.7. The molecule has 1 fully saturated rings. The van der Waals surface area contributed by atoms with Gasteiger partial charge in [0.05, 0.1) is 11.5 Å². The van der Waals surface area contributed by atoms with E-state index in [1.165, 1.54) is 4.31 Å². The zero-order valence-corrected chi connectivity index (χ0v) is 15.6. The van der Waals surface area contributed by atoms with Gasteiger partial charge >= 0.3 is 5.97 Å². The van der Waals surface area contributed by atoms with Crippen molar-refractivity contribution < 1.29 is 17.9 Å². The van der Waals surface area contributed by atoms with Crippen LogP contribution in [0.25, 0.3) is 0 Å². The van der Waals surface area contributed by atoms with Crippen molar-refractivity contribution in [3.05, 3.63) is 28.8 Å². The van der Waals surface area contributed by atoms with E-state index in [4.69, 9.17) is 4.74 Å². The van der Waals surface area contributed by atoms with E-state index in [1.54, 1.807) is 32.5 Å². The molecule has 5 nitrogen and oxygen atoms in total. The van der Waals surface area contributed by atoms with E-state index in [2.05, 4.69) is 0 Å². The van der Waals surface area contributed by atoms with E-state index >= 15 is 0 Å². The fourth-order valence-electron chi connectivity index (χ4n) is 2.99. The summed E-state index contributed by atoms with van der Waals surface area (Å²) in [7, 11) is -3.73. The Morgan fingerprint density at radius 1 is 1.30 bits per heavy atom. The lowest BCUT2D eigenvalue weighted by Gasteiger charge is -2.33. The van der Waals surface area contributed by atoms with Crippen LogP contribution in [0.4, 0.5) is 0 Å². The highest BCUT2D eigenvalue weighted by Crippen LogP contribution is 2.30. The Morgan fingerprint density at radius 3 is 2.48 bits per heavy atom. The lowest BCUT2D eigenvalue weighted by atomic mass is 10.1. The summed E-state index contributed by atoms with van der Waals surface area (Å²) in [6.07, 6.45) is 0. The first kappa shape index (κ1) is 18.3. The van der Waals surface area contributed by atoms with Crippen LogP contribution in [-0.4, -0.2) is 49.4 Å². The molecule has 0 saturated carbocycles. The molecule has 0 aromatic heterocycles. The lowest BCUT2D eigenvalue weighted by molar-refractivity contribution is -0.146. The van der Waals surface area contributed by atoms with E-state index in [0.717, 1.165) is 5.56 Å². The van der Waals surface area contributed by atoms with Crippen molar-refractivity contribution in [3.63, 3.8) is 0 Å². The molecular formula is C16H23NO4S2. The minimum absolute atomic E-state index is 0.247. The molecule has 0 spiro atoms. The van der Waals surface area contributed by atoms with Crippen LogP contribution < -0.4 is 0 Å². The number of hydrogen-bond donors (Lipinski definition) is 0. The maximum atomic E-state index is 13.2. The molecule has 0 bridgehead atoms. The molecule has 23 heavy (non-hydrogen) atoms. The zero-order chi connectivity index (χ0) is 17.2. The molecule has 2 rings (SSSR count). The SMILES string of the molecule is CCOC(=O)C1CSCCN1S(=O)(=O)c1c(C)cc(C)cc1C. The molecule has 0 radical (unpaired) electrons. The molecule has 128 valence electrons. The van der Waals surface area contributed by atoms with E-state index in [-0.39, 0.29) is 6.61 Å². The second-order valence-electron chi connectivity index (χ2n) is 5.69. The number of thioether (sulfide) groups is 1. The molecule has 0 N–H and O–H groups in total. The number of sulfonamides is 1. The van der Waals surface area contributed by atoms with Crippen LogP contribution in [0.5, 0.6) is 0 Å². The summed E-state index contributed by atoms with van der Waals surface area (Å²) in [6, 6.07) is 2.97. The zero-order valence-electron chi connectivity index (χ0n) is 14.0. The topological polar surface area (TPSA) is 63.7 Å². The van der Waals surface area contributed by atoms with Gasteiger partial charge in [-0.15, -0.1) is 0 Å². The van der Waals surface area contributed by atoms with E-state index in [9.17, 15) is 13.2 Å². The number of aryl methyl sites for hydroxylation is 3. The maximum Gasteiger partial charge on any atom is 0.325 e. The van der Waals surface area contributed by atoms with Gasteiger partial charge in [-0.25, -0.2) is 8.42 Å². The van der Waals surface area contributed by atoms with Crippen LogP contribution in [0.1, 0.15) is 23.6 Å². The fourth-order valence-corrected chi connectivity index (χ4v) is 6.23. The van der Waals surface area contributed by atoms with Crippen molar-refractivity contribution in [2.75, 3.05) is 24.7 Å². The smallest absolute Gasteiger partial charge is 0.325 e. The number of rotatable bonds is 4. The Balaban J connectivity index is 2.46. The van der Waals surface area contributed by atoms with Crippen molar-refractivity contribution in [1.29, 1.82) is 0 Å². The highest BCUT2D eigenvalue weighted by molar-refractivity contribution is 7.99. The lowest BCUT2D eigenvalue weighted by Crippen LogP contribution is -2.51. The summed E-state index contributed by atoms with van der Waals surface area (Å²) in [5, 5.41) is 0. The monoisotopic (exact) mass is 357 g/mol. The van der Waals surface area contributed by atoms with Gasteiger partial charge in [-0.3, -0.25) is 4.79 Å². The van der Waals surface area contributed by atoms with Gasteiger partial charge in [-0.2, -0.15) is 16.1 Å². The highest BCUT2D eigenvalue weighted by Gasteiger charge is 2.40. The van der Waals surface area contributed by atoms with Crippen molar-refractivity contribution in [2.45, 2.75) is 38.6 Å². The average molecular weight is 357 g/mol. The molecule has 7 heteroatoms. The number of hydrogen-bond acceptors (Lipinski definition) is 5. The third kappa shape index (κ3) is 3.72. The molecule has 1 aromatic rings. The molecule has 1 aliphatic heterocycles. The summed E-state index contributed by atoms with van der Waals surface area (Å²) in [4.78, 5) is 12.5. The second-order valence-corrected chi connectivity index (χ2v) is 8.66. The Hall–Kier alpha value is -1.05. The van der Waals surface area contributed by atoms with E-state index in [1.807, 2.05) is 19.1 Å². The Kier molecular flexibility index (Phi) is 5.75. The number of benzene rings is 1. The van der Waals surface area contributed by atoms with Gasteiger partial charge in [0.2, 0.25) is 10.0 Å². The van der Waals surface area contributed by atoms with Gasteiger partial charge in [-0.05, 0) is 38.8 Å². The van der Waals surface area contributed by atoms with Gasteiger partial charge in [0.15, 0.2) is 0 Å². The van der Waals surface area contributed by atoms with Crippen molar-refractivity contribution in [1.82, 2.24) is 4.31 Å². The van der Waals surface area contributed by atoms with Gasteiger partial charge < -0.3 is 4.74 Å². The summed E-state index contributed by atoms with van der Waals surface area (Å²) in [6.45, 7) is 7.83. The van der Waals surface area contributed by atoms with Gasteiger partial charge in [0.25, 0.3) is 0 Å². The molecule has 1 saturated heterocycles. The Morgan fingerprint density at radius 2 is 1.91 bits per heavy atom. The predicted octanol–water partition coefficient (Wildman–Crippen LogP) is 2.28. The third-order valence-electron chi connectivity index (χ3n) is 3.81. The fraction of sp³-hybridized carbons (Fsp3) is 0.562. The first-order chi connectivity index (χ1) is 10.8. The summed E-state index contributed by atoms with van der Waals surface area (Å²) >= 11 is 1.58. The molecule has 1 aliphatic rings. The minimum Gasteiger partial charge on any atom is -0.465 e. The molecule has 1 atom stereocenters. The van der Waals surface area contributed by atoms with Gasteiger partial charge in [0, 0.05) is 18.1 Å². The number of carbonyl (C=O) groups is 1. The van der Waals surface area contributed by atoms with Crippen LogP contribution >= 0.6 is 11.8 Å². The normalized spacial score (nSPS) is 19.6. The predicted molar refractivity (Wildman–Crippen MR) is 92.3 cm³/mol. The number of carbonyl (C=O) groups excluding carboxylic acids is 1. The quantitative estimate of drug-likeness (QED) is 0.774. The molecule has 0 aliphatic carbocycles. The van der Waals surface area contributed by atoms with Gasteiger partial charge in [-0.1, -0.05) is 17.7 Å². The molecule has 1 unspecified atom stereocenters. The largest absolute Gasteiger partial charge is 0.465 e. The maximum absolute atomic E-state index is 13.2. The van der Waals surface area contributed by atoms with Crippen LogP contribution in [0.15, 0.2) is 17.0 Å². The number of esters is 1. The van der Waals surface area contributed by atoms with Crippen LogP contribution in [-0.2, 0) is 19.6 Å². The summed E-state index contributed by atoms with van der Waals surface area (Å²) in [5.74, 6) is 0.645. The van der Waals surface area contributed by atoms with Crippen LogP contribution in [0.3, 0.4) is 0 Å². The first-order valence-electron chi connectivity index (χ1n) is 7.63. The van der Waals surface area contributed by atoms with Crippen LogP contribution in [0, 0.1) is 20.8 Å². The van der Waals surface area contributed by atoms with Gasteiger partial charge in [0.1, 0.15) is 6.04 Å². The minimum atomic E-state index is -3.73. The standard InChI is InChI=1S/C16H23NO4S2/c1-5-21-16(18)14-10-22-7-6-17(14)23(19,20)15-12(3)8-11(2)9-13(15)4/h8-9,14H,5-7,10H2,1-4H3. The van der Waals surface area contributed by atoms with Crippen molar-refractivity contribution in [3.8, 4) is 0 Å². The van der Waals surface area contributed by atoms with Crippen molar-refractivity contribution >= 4 is 27.8 Å². The molecule has 1 heterocycles. The van der Waals surface area contributed by atoms with E-state index in [0.29, 0.717) is 34.1 Å². The number of ether oxygens (including phenoxy) is 1. The number of nitrogens with zero attached hydrogens (tertiary/aromatic N) is 1. The Labute approximate surface area is 142 Å². The molecule has 0 amide bonds. The second kappa shape index (κ2) is 7.23. The highest BCUT2D eigenvalue weighted by atomic mass is 32.2.